The van der Waals surface area contributed by atoms with Crippen molar-refractivity contribution >= 4 is 40.5 Å². The molecule has 0 aromatic heterocycles. The highest BCUT2D eigenvalue weighted by Crippen LogP contribution is 2.35. The Morgan fingerprint density at radius 3 is 2.35 bits per heavy atom. The number of benzene rings is 2. The number of amides is 2. The van der Waals surface area contributed by atoms with Crippen LogP contribution in [0, 0.1) is 23.0 Å². The van der Waals surface area contributed by atoms with Gasteiger partial charge >= 0.3 is 0 Å². The fourth-order valence-corrected chi connectivity index (χ4v) is 4.00. The van der Waals surface area contributed by atoms with Gasteiger partial charge in [0.25, 0.3) is 11.6 Å². The smallest absolute Gasteiger partial charge is 0.273 e. The van der Waals surface area contributed by atoms with Gasteiger partial charge in [-0.1, -0.05) is 37.6 Å². The molecule has 1 N–H and O–H groups in total. The summed E-state index contributed by atoms with van der Waals surface area (Å²) in [4.78, 5) is 39.8. The van der Waals surface area contributed by atoms with Gasteiger partial charge in [0.05, 0.1) is 21.3 Å². The Morgan fingerprint density at radius 2 is 1.74 bits per heavy atom. The Bertz CT molecular complexity index is 1020. The third-order valence-electron chi connectivity index (χ3n) is 5.38. The molecule has 0 radical (unpaired) electrons. The van der Waals surface area contributed by atoms with Crippen LogP contribution in [0.2, 0.25) is 5.02 Å². The van der Waals surface area contributed by atoms with Crippen molar-refractivity contribution in [1.82, 2.24) is 4.90 Å². The van der Waals surface area contributed by atoms with Crippen molar-refractivity contribution in [3.8, 4) is 0 Å². The maximum Gasteiger partial charge on any atom is 0.273 e. The average Bonchev–Trinajstić information content (AvgIpc) is 2.73. The number of halogens is 1. The molecule has 1 fully saturated rings. The van der Waals surface area contributed by atoms with Gasteiger partial charge in [0.2, 0.25) is 5.91 Å². The summed E-state index contributed by atoms with van der Waals surface area (Å²) in [6.45, 7) is 7.62. The van der Waals surface area contributed by atoms with E-state index in [4.69, 9.17) is 11.6 Å². The lowest BCUT2D eigenvalue weighted by Crippen LogP contribution is -2.50. The molecule has 0 atom stereocenters. The van der Waals surface area contributed by atoms with Crippen molar-refractivity contribution in [3.63, 3.8) is 0 Å². The maximum atomic E-state index is 12.9. The molecule has 1 saturated heterocycles. The number of carbonyl (C=O) groups excluding carboxylic acids is 2. The molecule has 1 aliphatic rings. The Kier molecular flexibility index (Phi) is 6.80. The zero-order valence-electron chi connectivity index (χ0n) is 17.7. The lowest BCUT2D eigenvalue weighted by atomic mass is 10.1. The van der Waals surface area contributed by atoms with Crippen molar-refractivity contribution in [3.05, 3.63) is 62.7 Å². The molecule has 2 aromatic carbocycles. The summed E-state index contributed by atoms with van der Waals surface area (Å²) in [5.41, 5.74) is 1.62. The van der Waals surface area contributed by atoms with Crippen LogP contribution >= 0.6 is 11.6 Å². The summed E-state index contributed by atoms with van der Waals surface area (Å²) in [6, 6.07) is 9.64. The van der Waals surface area contributed by atoms with E-state index in [0.717, 1.165) is 0 Å². The molecule has 8 nitrogen and oxygen atoms in total. The van der Waals surface area contributed by atoms with E-state index in [1.807, 2.05) is 23.6 Å². The van der Waals surface area contributed by atoms with Crippen LogP contribution < -0.4 is 10.2 Å². The minimum absolute atomic E-state index is 0.0557. The first kappa shape index (κ1) is 22.6. The first-order valence-corrected chi connectivity index (χ1v) is 10.5. The number of nitrogens with zero attached hydrogens (tertiary/aromatic N) is 3. The minimum Gasteiger partial charge on any atom is -0.365 e. The van der Waals surface area contributed by atoms with Gasteiger partial charge < -0.3 is 15.1 Å². The molecule has 1 heterocycles. The Balaban J connectivity index is 1.83. The Labute approximate surface area is 185 Å². The third kappa shape index (κ3) is 4.80. The second kappa shape index (κ2) is 9.34. The van der Waals surface area contributed by atoms with E-state index in [1.165, 1.54) is 12.1 Å². The number of nitrogens with one attached hydrogen (secondary N) is 1. The molecule has 2 amide bonds. The normalized spacial score (nSPS) is 14.0. The summed E-state index contributed by atoms with van der Waals surface area (Å²) >= 11 is 6.48. The predicted molar refractivity (Wildman–Crippen MR) is 121 cm³/mol. The molecule has 0 spiro atoms. The van der Waals surface area contributed by atoms with Crippen LogP contribution in [0.4, 0.5) is 17.1 Å². The molecule has 0 bridgehead atoms. The van der Waals surface area contributed by atoms with Crippen LogP contribution in [0.1, 0.15) is 29.8 Å². The highest BCUT2D eigenvalue weighted by atomic mass is 35.5. The highest BCUT2D eigenvalue weighted by Gasteiger charge is 2.26. The number of hydrogen-bond donors (Lipinski definition) is 1. The molecule has 9 heteroatoms. The largest absolute Gasteiger partial charge is 0.365 e. The zero-order valence-corrected chi connectivity index (χ0v) is 18.5. The van der Waals surface area contributed by atoms with Gasteiger partial charge in [0.1, 0.15) is 0 Å². The quantitative estimate of drug-likeness (QED) is 0.553. The number of carbonyl (C=O) groups is 2. The number of nitro benzene ring substituents is 1. The predicted octanol–water partition coefficient (Wildman–Crippen LogP) is 4.11. The zero-order chi connectivity index (χ0) is 22.7. The van der Waals surface area contributed by atoms with Gasteiger partial charge in [-0.05, 0) is 25.1 Å². The van der Waals surface area contributed by atoms with Crippen LogP contribution in [0.15, 0.2) is 36.4 Å². The van der Waals surface area contributed by atoms with E-state index in [-0.39, 0.29) is 23.1 Å². The highest BCUT2D eigenvalue weighted by molar-refractivity contribution is 6.34. The lowest BCUT2D eigenvalue weighted by molar-refractivity contribution is -0.385. The van der Waals surface area contributed by atoms with E-state index in [9.17, 15) is 19.7 Å². The van der Waals surface area contributed by atoms with Crippen molar-refractivity contribution < 1.29 is 14.5 Å². The number of anilines is 2. The number of rotatable bonds is 5. The summed E-state index contributed by atoms with van der Waals surface area (Å²) < 4.78 is 0. The average molecular weight is 445 g/mol. The van der Waals surface area contributed by atoms with Crippen molar-refractivity contribution in [2.75, 3.05) is 36.4 Å². The summed E-state index contributed by atoms with van der Waals surface area (Å²) in [5, 5.41) is 14.5. The summed E-state index contributed by atoms with van der Waals surface area (Å²) in [6.07, 6.45) is 0. The number of piperazine rings is 1. The fourth-order valence-electron chi connectivity index (χ4n) is 3.71. The molecule has 31 heavy (non-hydrogen) atoms. The van der Waals surface area contributed by atoms with E-state index >= 15 is 0 Å². The van der Waals surface area contributed by atoms with Crippen molar-refractivity contribution in [2.45, 2.75) is 20.8 Å². The SMILES string of the molecule is Cc1c(C(=O)Nc2cccc(Cl)c2N2CCN(C(=O)C(C)C)CC2)cccc1[N+](=O)[O-]. The van der Waals surface area contributed by atoms with Gasteiger partial charge in [0.15, 0.2) is 0 Å². The first-order valence-electron chi connectivity index (χ1n) is 10.1. The van der Waals surface area contributed by atoms with Crippen molar-refractivity contribution in [2.24, 2.45) is 5.92 Å². The van der Waals surface area contributed by atoms with E-state index < -0.39 is 10.8 Å². The molecule has 0 saturated carbocycles. The molecule has 2 aromatic rings. The second-order valence-corrected chi connectivity index (χ2v) is 8.17. The van der Waals surface area contributed by atoms with E-state index in [1.54, 1.807) is 31.2 Å². The molecule has 164 valence electrons. The van der Waals surface area contributed by atoms with Gasteiger partial charge in [-0.3, -0.25) is 19.7 Å². The van der Waals surface area contributed by atoms with Crippen molar-refractivity contribution in [1.29, 1.82) is 0 Å². The van der Waals surface area contributed by atoms with Gasteiger partial charge in [0, 0.05) is 49.3 Å². The molecular formula is C22H25ClN4O4. The maximum absolute atomic E-state index is 12.9. The molecular weight excluding hydrogens is 420 g/mol. The van der Waals surface area contributed by atoms with Crippen LogP contribution in [0.5, 0.6) is 0 Å². The Morgan fingerprint density at radius 1 is 1.10 bits per heavy atom. The third-order valence-corrected chi connectivity index (χ3v) is 5.69. The second-order valence-electron chi connectivity index (χ2n) is 7.76. The molecule has 3 rings (SSSR count). The summed E-state index contributed by atoms with van der Waals surface area (Å²) in [7, 11) is 0. The van der Waals surface area contributed by atoms with Gasteiger partial charge in [-0.25, -0.2) is 0 Å². The molecule has 0 aliphatic carbocycles. The van der Waals surface area contributed by atoms with Crippen LogP contribution in [-0.2, 0) is 4.79 Å². The monoisotopic (exact) mass is 444 g/mol. The van der Waals surface area contributed by atoms with Gasteiger partial charge in [-0.2, -0.15) is 0 Å². The number of nitro groups is 1. The summed E-state index contributed by atoms with van der Waals surface area (Å²) in [5.74, 6) is -0.383. The van der Waals surface area contributed by atoms with Crippen LogP contribution in [-0.4, -0.2) is 47.8 Å². The number of para-hydroxylation sites is 1. The Hall–Kier alpha value is -3.13. The van der Waals surface area contributed by atoms with Gasteiger partial charge in [-0.15, -0.1) is 0 Å². The topological polar surface area (TPSA) is 95.8 Å². The molecule has 0 unspecified atom stereocenters. The van der Waals surface area contributed by atoms with Crippen LogP contribution in [0.25, 0.3) is 0 Å². The fraction of sp³-hybridized carbons (Fsp3) is 0.364. The van der Waals surface area contributed by atoms with E-state index in [2.05, 4.69) is 5.32 Å². The number of hydrogen-bond acceptors (Lipinski definition) is 5. The molecule has 1 aliphatic heterocycles. The van der Waals surface area contributed by atoms with Crippen LogP contribution in [0.3, 0.4) is 0 Å². The lowest BCUT2D eigenvalue weighted by Gasteiger charge is -2.38. The first-order chi connectivity index (χ1) is 14.7. The standard InChI is InChI=1S/C22H25ClN4O4/c1-14(2)22(29)26-12-10-25(11-13-26)20-17(23)7-5-8-18(20)24-21(28)16-6-4-9-19(15(16)3)27(30)31/h4-9,14H,10-13H2,1-3H3,(H,24,28). The minimum atomic E-state index is -0.505. The van der Waals surface area contributed by atoms with E-state index in [0.29, 0.717) is 48.1 Å².